The van der Waals surface area contributed by atoms with Gasteiger partial charge in [0.1, 0.15) is 5.82 Å². The molecule has 1 aromatic heterocycles. The van der Waals surface area contributed by atoms with Crippen LogP contribution in [0.1, 0.15) is 11.1 Å². The van der Waals surface area contributed by atoms with Crippen molar-refractivity contribution in [1.82, 2.24) is 9.97 Å². The number of hydrogen-bond acceptors (Lipinski definition) is 4. The number of nitrogens with zero attached hydrogens (tertiary/aromatic N) is 2. The Kier molecular flexibility index (Phi) is 3.40. The molecule has 0 aliphatic rings. The van der Waals surface area contributed by atoms with Crippen LogP contribution in [-0.2, 0) is 0 Å². The van der Waals surface area contributed by atoms with Crippen LogP contribution in [-0.4, -0.2) is 9.97 Å². The first-order chi connectivity index (χ1) is 8.11. The maximum absolute atomic E-state index is 5.33. The van der Waals surface area contributed by atoms with Crippen LogP contribution in [0.15, 0.2) is 28.9 Å². The molecule has 0 bridgehead atoms. The highest BCUT2D eigenvalue weighted by atomic mass is 79.9. The van der Waals surface area contributed by atoms with Crippen LogP contribution in [0.25, 0.3) is 11.4 Å². The smallest absolute Gasteiger partial charge is 0.161 e. The summed E-state index contributed by atoms with van der Waals surface area (Å²) in [7, 11) is 0. The highest BCUT2D eigenvalue weighted by Crippen LogP contribution is 2.26. The van der Waals surface area contributed by atoms with Crippen LogP contribution >= 0.6 is 15.9 Å². The van der Waals surface area contributed by atoms with Gasteiger partial charge in [0.05, 0.1) is 0 Å². The summed E-state index contributed by atoms with van der Waals surface area (Å²) in [5, 5.41) is 0. The molecule has 3 N–H and O–H groups in total. The Bertz CT molecular complexity index is 531. The SMILES string of the molecule is Cc1cc(-c2nccc(NN)n2)cc(C)c1Br. The van der Waals surface area contributed by atoms with Gasteiger partial charge in [-0.15, -0.1) is 0 Å². The van der Waals surface area contributed by atoms with Crippen LogP contribution in [0.2, 0.25) is 0 Å². The van der Waals surface area contributed by atoms with Crippen molar-refractivity contribution in [2.45, 2.75) is 13.8 Å². The molecule has 0 amide bonds. The molecule has 0 fully saturated rings. The molecule has 0 radical (unpaired) electrons. The lowest BCUT2D eigenvalue weighted by atomic mass is 10.1. The minimum Gasteiger partial charge on any atom is -0.308 e. The van der Waals surface area contributed by atoms with Gasteiger partial charge in [-0.3, -0.25) is 0 Å². The second kappa shape index (κ2) is 4.81. The Labute approximate surface area is 108 Å². The lowest BCUT2D eigenvalue weighted by Gasteiger charge is -2.07. The number of anilines is 1. The second-order valence-corrected chi connectivity index (χ2v) is 4.63. The van der Waals surface area contributed by atoms with Crippen molar-refractivity contribution < 1.29 is 0 Å². The number of aryl methyl sites for hydroxylation is 2. The van der Waals surface area contributed by atoms with Gasteiger partial charge in [0.2, 0.25) is 0 Å². The number of halogens is 1. The van der Waals surface area contributed by atoms with Crippen LogP contribution in [0.3, 0.4) is 0 Å². The first-order valence-electron chi connectivity index (χ1n) is 5.18. The summed E-state index contributed by atoms with van der Waals surface area (Å²) < 4.78 is 1.12. The first-order valence-corrected chi connectivity index (χ1v) is 5.98. The average Bonchev–Trinajstić information content (AvgIpc) is 2.35. The maximum atomic E-state index is 5.33. The Morgan fingerprint density at radius 1 is 1.24 bits per heavy atom. The van der Waals surface area contributed by atoms with Crippen molar-refractivity contribution in [3.8, 4) is 11.4 Å². The summed E-state index contributed by atoms with van der Waals surface area (Å²) in [5.41, 5.74) is 5.83. The van der Waals surface area contributed by atoms with Crippen molar-refractivity contribution in [2.75, 3.05) is 5.43 Å². The Morgan fingerprint density at radius 3 is 2.47 bits per heavy atom. The lowest BCUT2D eigenvalue weighted by molar-refractivity contribution is 1.14. The molecule has 0 saturated carbocycles. The van der Waals surface area contributed by atoms with Crippen molar-refractivity contribution in [3.63, 3.8) is 0 Å². The van der Waals surface area contributed by atoms with Gasteiger partial charge in [0.15, 0.2) is 5.82 Å². The fourth-order valence-electron chi connectivity index (χ4n) is 1.65. The minimum absolute atomic E-state index is 0.605. The zero-order valence-corrected chi connectivity index (χ0v) is 11.2. The molecule has 0 aliphatic heterocycles. The number of nitrogens with one attached hydrogen (secondary N) is 1. The highest BCUT2D eigenvalue weighted by Gasteiger charge is 2.07. The average molecular weight is 293 g/mol. The van der Waals surface area contributed by atoms with Crippen LogP contribution in [0, 0.1) is 13.8 Å². The van der Waals surface area contributed by atoms with E-state index in [1.807, 2.05) is 26.0 Å². The molecule has 0 atom stereocenters. The summed E-state index contributed by atoms with van der Waals surface area (Å²) in [4.78, 5) is 8.56. The summed E-state index contributed by atoms with van der Waals surface area (Å²) in [6.07, 6.45) is 1.68. The molecule has 5 heteroatoms. The predicted molar refractivity (Wildman–Crippen MR) is 72.5 cm³/mol. The van der Waals surface area contributed by atoms with Crippen LogP contribution in [0.4, 0.5) is 5.82 Å². The fraction of sp³-hybridized carbons (Fsp3) is 0.167. The summed E-state index contributed by atoms with van der Waals surface area (Å²) in [6, 6.07) is 5.82. The first kappa shape index (κ1) is 12.0. The zero-order chi connectivity index (χ0) is 12.4. The normalized spacial score (nSPS) is 10.4. The van der Waals surface area contributed by atoms with E-state index in [9.17, 15) is 0 Å². The van der Waals surface area contributed by atoms with E-state index in [1.54, 1.807) is 12.3 Å². The molecule has 0 unspecified atom stereocenters. The van der Waals surface area contributed by atoms with Gasteiger partial charge in [0, 0.05) is 22.3 Å². The number of nitrogens with two attached hydrogens (primary N) is 1. The van der Waals surface area contributed by atoms with E-state index < -0.39 is 0 Å². The van der Waals surface area contributed by atoms with Crippen molar-refractivity contribution in [1.29, 1.82) is 0 Å². The van der Waals surface area contributed by atoms with Crippen LogP contribution < -0.4 is 11.3 Å². The number of hydrazine groups is 1. The molecule has 0 saturated heterocycles. The van der Waals surface area contributed by atoms with Gasteiger partial charge in [0.25, 0.3) is 0 Å². The molecule has 1 heterocycles. The van der Waals surface area contributed by atoms with E-state index in [-0.39, 0.29) is 0 Å². The molecule has 2 rings (SSSR count). The molecule has 0 aliphatic carbocycles. The van der Waals surface area contributed by atoms with Gasteiger partial charge < -0.3 is 5.43 Å². The predicted octanol–water partition coefficient (Wildman–Crippen LogP) is 2.81. The monoisotopic (exact) mass is 292 g/mol. The van der Waals surface area contributed by atoms with Crippen molar-refractivity contribution >= 4 is 21.7 Å². The quantitative estimate of drug-likeness (QED) is 0.660. The number of benzene rings is 1. The highest BCUT2D eigenvalue weighted by molar-refractivity contribution is 9.10. The molecule has 88 valence electrons. The summed E-state index contributed by atoms with van der Waals surface area (Å²) >= 11 is 3.54. The Hall–Kier alpha value is -1.46. The van der Waals surface area contributed by atoms with Gasteiger partial charge in [-0.25, -0.2) is 15.8 Å². The summed E-state index contributed by atoms with van der Waals surface area (Å²) in [5.74, 6) is 6.60. The van der Waals surface area contributed by atoms with E-state index in [2.05, 4.69) is 31.3 Å². The molecule has 1 aromatic carbocycles. The lowest BCUT2D eigenvalue weighted by Crippen LogP contribution is -2.09. The topological polar surface area (TPSA) is 63.8 Å². The third-order valence-corrected chi connectivity index (χ3v) is 3.75. The third kappa shape index (κ3) is 2.45. The largest absolute Gasteiger partial charge is 0.308 e. The summed E-state index contributed by atoms with van der Waals surface area (Å²) in [6.45, 7) is 4.09. The zero-order valence-electron chi connectivity index (χ0n) is 9.66. The molecule has 17 heavy (non-hydrogen) atoms. The molecule has 0 spiro atoms. The number of hydrogen-bond donors (Lipinski definition) is 2. The van der Waals surface area contributed by atoms with E-state index in [4.69, 9.17) is 5.84 Å². The molecule has 2 aromatic rings. The maximum Gasteiger partial charge on any atom is 0.161 e. The Morgan fingerprint density at radius 2 is 1.88 bits per heavy atom. The van der Waals surface area contributed by atoms with Crippen LogP contribution in [0.5, 0.6) is 0 Å². The number of rotatable bonds is 2. The number of aromatic nitrogens is 2. The third-order valence-electron chi connectivity index (χ3n) is 2.50. The Balaban J connectivity index is 2.52. The van der Waals surface area contributed by atoms with Gasteiger partial charge in [-0.2, -0.15) is 0 Å². The molecule has 4 nitrogen and oxygen atoms in total. The second-order valence-electron chi connectivity index (χ2n) is 3.83. The van der Waals surface area contributed by atoms with Gasteiger partial charge >= 0.3 is 0 Å². The standard InChI is InChI=1S/C12H13BrN4/c1-7-5-9(6-8(2)11(7)13)12-15-4-3-10(16-12)17-14/h3-6H,14H2,1-2H3,(H,15,16,17). The molecular weight excluding hydrogens is 280 g/mol. The van der Waals surface area contributed by atoms with E-state index in [0.717, 1.165) is 21.2 Å². The van der Waals surface area contributed by atoms with Gasteiger partial charge in [-0.1, -0.05) is 15.9 Å². The fourth-order valence-corrected chi connectivity index (χ4v) is 1.88. The van der Waals surface area contributed by atoms with E-state index in [0.29, 0.717) is 11.6 Å². The minimum atomic E-state index is 0.605. The molecular formula is C12H13BrN4. The number of nitrogen functional groups attached to an aromatic ring is 1. The van der Waals surface area contributed by atoms with Crippen molar-refractivity contribution in [2.24, 2.45) is 5.84 Å². The van der Waals surface area contributed by atoms with E-state index in [1.165, 1.54) is 0 Å². The van der Waals surface area contributed by atoms with Gasteiger partial charge in [-0.05, 0) is 37.1 Å². The van der Waals surface area contributed by atoms with Crippen molar-refractivity contribution in [3.05, 3.63) is 40.0 Å². The van der Waals surface area contributed by atoms with E-state index >= 15 is 0 Å².